The molecule has 0 spiro atoms. The van der Waals surface area contributed by atoms with Gasteiger partial charge in [0.1, 0.15) is 5.75 Å². The second kappa shape index (κ2) is 7.82. The van der Waals surface area contributed by atoms with Crippen LogP contribution in [0, 0.1) is 13.8 Å². The monoisotopic (exact) mass is 449 g/mol. The van der Waals surface area contributed by atoms with Crippen LogP contribution in [0.4, 0.5) is 5.13 Å². The molecule has 0 unspecified atom stereocenters. The van der Waals surface area contributed by atoms with Gasteiger partial charge in [-0.1, -0.05) is 34.7 Å². The molecule has 3 heterocycles. The number of thioether (sulfide) groups is 1. The van der Waals surface area contributed by atoms with Crippen LogP contribution >= 0.6 is 23.1 Å². The summed E-state index contributed by atoms with van der Waals surface area (Å²) in [6.45, 7) is 4.10. The summed E-state index contributed by atoms with van der Waals surface area (Å²) in [4.78, 5) is 17.0. The number of aromatic nitrogens is 4. The molecule has 5 aromatic rings. The fourth-order valence-electron chi connectivity index (χ4n) is 3.50. The van der Waals surface area contributed by atoms with Gasteiger partial charge < -0.3 is 10.1 Å². The maximum Gasteiger partial charge on any atom is 0.236 e. The van der Waals surface area contributed by atoms with Gasteiger partial charge in [0.25, 0.3) is 0 Å². The van der Waals surface area contributed by atoms with E-state index in [0.29, 0.717) is 10.3 Å². The first kappa shape index (κ1) is 19.8. The van der Waals surface area contributed by atoms with Gasteiger partial charge >= 0.3 is 0 Å². The lowest BCUT2D eigenvalue weighted by molar-refractivity contribution is -0.113. The first-order chi connectivity index (χ1) is 15.0. The van der Waals surface area contributed by atoms with Crippen molar-refractivity contribution in [2.24, 2.45) is 0 Å². The van der Waals surface area contributed by atoms with E-state index < -0.39 is 0 Å². The first-order valence-electron chi connectivity index (χ1n) is 9.64. The molecule has 1 amide bonds. The molecule has 2 aromatic carbocycles. The molecule has 7 nitrogen and oxygen atoms in total. The maximum absolute atomic E-state index is 12.6. The number of methoxy groups -OCH3 is 1. The lowest BCUT2D eigenvalue weighted by atomic mass is 10.1. The number of fused-ring (bicyclic) bond motifs is 4. The normalized spacial score (nSPS) is 11.5. The number of hydrogen-bond acceptors (Lipinski definition) is 7. The summed E-state index contributed by atoms with van der Waals surface area (Å²) in [5.41, 5.74) is 4.90. The zero-order chi connectivity index (χ0) is 21.5. The summed E-state index contributed by atoms with van der Waals surface area (Å²) in [6.07, 6.45) is 0. The van der Waals surface area contributed by atoms with Crippen LogP contribution in [0.1, 0.15) is 11.1 Å². The Bertz CT molecular complexity index is 1460. The van der Waals surface area contributed by atoms with E-state index in [1.807, 2.05) is 29.5 Å². The molecule has 31 heavy (non-hydrogen) atoms. The van der Waals surface area contributed by atoms with Gasteiger partial charge in [0.15, 0.2) is 15.9 Å². The highest BCUT2D eigenvalue weighted by Crippen LogP contribution is 2.30. The smallest absolute Gasteiger partial charge is 0.236 e. The van der Waals surface area contributed by atoms with Crippen LogP contribution in [0.3, 0.4) is 0 Å². The Labute approximate surface area is 186 Å². The topological polar surface area (TPSA) is 81.4 Å². The number of aryl methyl sites for hydroxylation is 2. The van der Waals surface area contributed by atoms with E-state index in [-0.39, 0.29) is 11.7 Å². The second-order valence-electron chi connectivity index (χ2n) is 7.22. The average Bonchev–Trinajstić information content (AvgIpc) is 3.35. The summed E-state index contributed by atoms with van der Waals surface area (Å²) in [5.74, 6) is 0.836. The standard InChI is InChI=1S/C22H19N5O2S2/c1-12-4-7-17-14(8-12)9-13(2)20-25-26-22(27(17)20)30-11-19(28)24-21-23-16-6-5-15(29-3)10-18(16)31-21/h4-10H,11H2,1-3H3,(H,23,24,28). The minimum absolute atomic E-state index is 0.138. The van der Waals surface area contributed by atoms with E-state index in [4.69, 9.17) is 4.74 Å². The lowest BCUT2D eigenvalue weighted by Crippen LogP contribution is -2.14. The lowest BCUT2D eigenvalue weighted by Gasteiger charge is -2.07. The van der Waals surface area contributed by atoms with Crippen LogP contribution in [0.5, 0.6) is 5.75 Å². The number of rotatable bonds is 5. The van der Waals surface area contributed by atoms with E-state index in [1.165, 1.54) is 28.7 Å². The van der Waals surface area contributed by atoms with E-state index in [9.17, 15) is 4.79 Å². The third kappa shape index (κ3) is 3.70. The zero-order valence-electron chi connectivity index (χ0n) is 17.2. The molecule has 0 atom stereocenters. The number of ether oxygens (including phenoxy) is 1. The largest absolute Gasteiger partial charge is 0.497 e. The predicted molar refractivity (Wildman–Crippen MR) is 125 cm³/mol. The van der Waals surface area contributed by atoms with Crippen LogP contribution in [0.25, 0.3) is 26.8 Å². The summed E-state index contributed by atoms with van der Waals surface area (Å²) < 4.78 is 8.23. The molecule has 0 radical (unpaired) electrons. The number of pyridine rings is 1. The Morgan fingerprint density at radius 2 is 2.03 bits per heavy atom. The Morgan fingerprint density at radius 1 is 1.16 bits per heavy atom. The molecular weight excluding hydrogens is 430 g/mol. The van der Waals surface area contributed by atoms with Crippen LogP contribution in [-0.2, 0) is 4.79 Å². The van der Waals surface area contributed by atoms with Crippen molar-refractivity contribution in [1.82, 2.24) is 19.6 Å². The van der Waals surface area contributed by atoms with Gasteiger partial charge in [0.05, 0.1) is 28.6 Å². The number of carbonyl (C=O) groups excluding carboxylic acids is 1. The number of hydrogen-bond donors (Lipinski definition) is 1. The van der Waals surface area contributed by atoms with Gasteiger partial charge in [-0.3, -0.25) is 9.20 Å². The third-order valence-corrected chi connectivity index (χ3v) is 6.82. The van der Waals surface area contributed by atoms with Gasteiger partial charge in [0, 0.05) is 0 Å². The van der Waals surface area contributed by atoms with Gasteiger partial charge in [-0.05, 0) is 61.2 Å². The van der Waals surface area contributed by atoms with Crippen LogP contribution in [-0.4, -0.2) is 38.4 Å². The molecule has 9 heteroatoms. The van der Waals surface area contributed by atoms with Crippen molar-refractivity contribution >= 4 is 60.9 Å². The second-order valence-corrected chi connectivity index (χ2v) is 9.19. The molecule has 3 aromatic heterocycles. The zero-order valence-corrected chi connectivity index (χ0v) is 18.8. The van der Waals surface area contributed by atoms with Gasteiger partial charge in [-0.25, -0.2) is 4.98 Å². The first-order valence-corrected chi connectivity index (χ1v) is 11.4. The third-order valence-electron chi connectivity index (χ3n) is 4.96. The summed E-state index contributed by atoms with van der Waals surface area (Å²) in [5, 5.41) is 13.9. The van der Waals surface area contributed by atoms with Gasteiger partial charge in [-0.15, -0.1) is 10.2 Å². The van der Waals surface area contributed by atoms with E-state index in [0.717, 1.165) is 38.1 Å². The highest BCUT2D eigenvalue weighted by molar-refractivity contribution is 7.99. The fraction of sp³-hybridized carbons (Fsp3) is 0.182. The summed E-state index contributed by atoms with van der Waals surface area (Å²) in [6, 6.07) is 14.1. The molecule has 156 valence electrons. The van der Waals surface area contributed by atoms with Crippen molar-refractivity contribution < 1.29 is 9.53 Å². The van der Waals surface area contributed by atoms with Crippen molar-refractivity contribution in [2.45, 2.75) is 19.0 Å². The van der Waals surface area contributed by atoms with Gasteiger partial charge in [-0.2, -0.15) is 0 Å². The number of anilines is 1. The molecule has 0 saturated carbocycles. The molecular formula is C22H19N5O2S2. The highest BCUT2D eigenvalue weighted by atomic mass is 32.2. The molecule has 1 N–H and O–H groups in total. The van der Waals surface area contributed by atoms with E-state index in [1.54, 1.807) is 7.11 Å². The van der Waals surface area contributed by atoms with Crippen molar-refractivity contribution in [1.29, 1.82) is 0 Å². The molecule has 0 fully saturated rings. The van der Waals surface area contributed by atoms with Crippen LogP contribution in [0.15, 0.2) is 47.6 Å². The van der Waals surface area contributed by atoms with Crippen molar-refractivity contribution in [3.8, 4) is 5.75 Å². The molecule has 0 aliphatic heterocycles. The highest BCUT2D eigenvalue weighted by Gasteiger charge is 2.15. The number of benzene rings is 2. The Hall–Kier alpha value is -3.17. The van der Waals surface area contributed by atoms with Crippen molar-refractivity contribution in [2.75, 3.05) is 18.2 Å². The quantitative estimate of drug-likeness (QED) is 0.386. The fourth-order valence-corrected chi connectivity index (χ4v) is 5.15. The Kier molecular flexibility index (Phi) is 4.99. The Morgan fingerprint density at radius 3 is 2.87 bits per heavy atom. The van der Waals surface area contributed by atoms with Crippen LogP contribution < -0.4 is 10.1 Å². The molecule has 0 aliphatic rings. The maximum atomic E-state index is 12.6. The number of amides is 1. The SMILES string of the molecule is COc1ccc2nc(NC(=O)CSc3nnc4c(C)cc5cc(C)ccc5n34)sc2c1. The van der Waals surface area contributed by atoms with E-state index in [2.05, 4.69) is 51.7 Å². The number of carbonyl (C=O) groups is 1. The summed E-state index contributed by atoms with van der Waals surface area (Å²) in [7, 11) is 1.63. The van der Waals surface area contributed by atoms with Crippen LogP contribution in [0.2, 0.25) is 0 Å². The minimum atomic E-state index is -0.138. The summed E-state index contributed by atoms with van der Waals surface area (Å²) >= 11 is 2.78. The number of nitrogens with zero attached hydrogens (tertiary/aromatic N) is 4. The molecule has 5 rings (SSSR count). The average molecular weight is 450 g/mol. The van der Waals surface area contributed by atoms with E-state index >= 15 is 0 Å². The molecule has 0 saturated heterocycles. The van der Waals surface area contributed by atoms with Gasteiger partial charge in [0.2, 0.25) is 5.91 Å². The minimum Gasteiger partial charge on any atom is -0.497 e. The molecule has 0 aliphatic carbocycles. The predicted octanol–water partition coefficient (Wildman–Crippen LogP) is 4.85. The number of nitrogens with one attached hydrogen (secondary N) is 1. The Balaban J connectivity index is 1.37. The molecule has 0 bridgehead atoms. The van der Waals surface area contributed by atoms with Crippen molar-refractivity contribution in [3.05, 3.63) is 53.6 Å². The number of thiazole rings is 1. The van der Waals surface area contributed by atoms with Crippen molar-refractivity contribution in [3.63, 3.8) is 0 Å².